The first-order valence-corrected chi connectivity index (χ1v) is 11.7. The second-order valence-corrected chi connectivity index (χ2v) is 8.76. The zero-order valence-corrected chi connectivity index (χ0v) is 19.2. The predicted molar refractivity (Wildman–Crippen MR) is 139 cm³/mol. The summed E-state index contributed by atoms with van der Waals surface area (Å²) in [4.78, 5) is 28.9. The van der Waals surface area contributed by atoms with Crippen molar-refractivity contribution in [2.45, 2.75) is 0 Å². The van der Waals surface area contributed by atoms with Crippen LogP contribution in [0.15, 0.2) is 109 Å². The van der Waals surface area contributed by atoms with Gasteiger partial charge in [-0.05, 0) is 41.0 Å². The Bertz CT molecular complexity index is 1480. The highest BCUT2D eigenvalue weighted by Gasteiger charge is 2.18. The first-order valence-electron chi connectivity index (χ1n) is 10.9. The van der Waals surface area contributed by atoms with Gasteiger partial charge in [-0.15, -0.1) is 0 Å². The number of amides is 1. The van der Waals surface area contributed by atoms with Crippen molar-refractivity contribution in [3.8, 4) is 32.8 Å². The van der Waals surface area contributed by atoms with E-state index in [4.69, 9.17) is 4.98 Å². The van der Waals surface area contributed by atoms with Crippen molar-refractivity contribution in [2.24, 2.45) is 0 Å². The van der Waals surface area contributed by atoms with Gasteiger partial charge in [0.05, 0.1) is 15.5 Å². The quantitative estimate of drug-likeness (QED) is 0.205. The predicted octanol–water partition coefficient (Wildman–Crippen LogP) is 7.30. The molecule has 0 aliphatic carbocycles. The Morgan fingerprint density at radius 3 is 1.89 bits per heavy atom. The van der Waals surface area contributed by atoms with Crippen molar-refractivity contribution in [1.29, 1.82) is 0 Å². The van der Waals surface area contributed by atoms with Gasteiger partial charge in [0.25, 0.3) is 11.6 Å². The molecular weight excluding hydrogens is 458 g/mol. The van der Waals surface area contributed by atoms with Gasteiger partial charge in [-0.1, -0.05) is 84.1 Å². The van der Waals surface area contributed by atoms with Crippen molar-refractivity contribution in [1.82, 2.24) is 4.98 Å². The molecule has 0 fully saturated rings. The summed E-state index contributed by atoms with van der Waals surface area (Å²) in [6, 6.07) is 33.4. The molecule has 0 bridgehead atoms. The van der Waals surface area contributed by atoms with E-state index in [-0.39, 0.29) is 11.6 Å². The zero-order valence-electron chi connectivity index (χ0n) is 18.4. The lowest BCUT2D eigenvalue weighted by Crippen LogP contribution is -2.11. The molecule has 1 amide bonds. The van der Waals surface area contributed by atoms with E-state index in [0.717, 1.165) is 27.1 Å². The third-order valence-electron chi connectivity index (χ3n) is 5.49. The molecule has 0 spiro atoms. The molecule has 4 aromatic carbocycles. The molecule has 6 nitrogen and oxygen atoms in total. The van der Waals surface area contributed by atoms with Crippen LogP contribution in [0.4, 0.5) is 10.8 Å². The fourth-order valence-electron chi connectivity index (χ4n) is 3.71. The molecule has 35 heavy (non-hydrogen) atoms. The van der Waals surface area contributed by atoms with Crippen LogP contribution in [-0.2, 0) is 0 Å². The van der Waals surface area contributed by atoms with Crippen LogP contribution < -0.4 is 5.32 Å². The molecule has 7 heteroatoms. The van der Waals surface area contributed by atoms with Crippen molar-refractivity contribution in [2.75, 3.05) is 5.32 Å². The number of carbonyl (C=O) groups is 1. The Morgan fingerprint density at radius 2 is 1.26 bits per heavy atom. The minimum atomic E-state index is -0.425. The summed E-state index contributed by atoms with van der Waals surface area (Å²) < 4.78 is 0. The first-order chi connectivity index (χ1) is 17.1. The van der Waals surface area contributed by atoms with Gasteiger partial charge in [0.15, 0.2) is 5.13 Å². The Balaban J connectivity index is 1.53. The van der Waals surface area contributed by atoms with Crippen LogP contribution >= 0.6 is 11.3 Å². The Labute approximate surface area is 205 Å². The van der Waals surface area contributed by atoms with Crippen LogP contribution in [0.5, 0.6) is 0 Å². The summed E-state index contributed by atoms with van der Waals surface area (Å²) in [7, 11) is 0. The molecule has 0 atom stereocenters. The molecule has 0 saturated carbocycles. The van der Waals surface area contributed by atoms with E-state index < -0.39 is 4.92 Å². The average molecular weight is 478 g/mol. The smallest absolute Gasteiger partial charge is 0.269 e. The number of hydrogen-bond donors (Lipinski definition) is 1. The van der Waals surface area contributed by atoms with Gasteiger partial charge < -0.3 is 0 Å². The Kier molecular flexibility index (Phi) is 6.15. The van der Waals surface area contributed by atoms with Crippen LogP contribution in [0, 0.1) is 10.1 Å². The van der Waals surface area contributed by atoms with E-state index in [0.29, 0.717) is 16.4 Å². The largest absolute Gasteiger partial charge is 0.298 e. The molecule has 1 N–H and O–H groups in total. The maximum absolute atomic E-state index is 12.7. The highest BCUT2D eigenvalue weighted by Crippen LogP contribution is 2.40. The molecule has 5 rings (SSSR count). The maximum atomic E-state index is 12.7. The number of rotatable bonds is 6. The number of nitrogens with zero attached hydrogens (tertiary/aromatic N) is 2. The zero-order chi connectivity index (χ0) is 24.2. The van der Waals surface area contributed by atoms with Crippen LogP contribution in [0.1, 0.15) is 10.4 Å². The average Bonchev–Trinajstić information content (AvgIpc) is 3.33. The van der Waals surface area contributed by atoms with Crippen LogP contribution in [0.25, 0.3) is 32.8 Å². The number of non-ortho nitro benzene ring substituents is 1. The Morgan fingerprint density at radius 1 is 0.714 bits per heavy atom. The summed E-state index contributed by atoms with van der Waals surface area (Å²) in [5.74, 6) is -0.249. The summed E-state index contributed by atoms with van der Waals surface area (Å²) in [6.45, 7) is 0. The van der Waals surface area contributed by atoms with E-state index in [2.05, 4.69) is 17.4 Å². The maximum Gasteiger partial charge on any atom is 0.269 e. The SMILES string of the molecule is O=C(Nc1nc(-c2ccc(-c3ccccc3)cc2)c(-c2ccc([N+](=O)[O-])cc2)s1)c1ccccc1. The molecule has 0 radical (unpaired) electrons. The fraction of sp³-hybridized carbons (Fsp3) is 0. The van der Waals surface area contributed by atoms with Gasteiger partial charge in [0.2, 0.25) is 0 Å². The number of aromatic nitrogens is 1. The minimum absolute atomic E-state index is 0.0182. The number of nitrogens with one attached hydrogen (secondary N) is 1. The second-order valence-electron chi connectivity index (χ2n) is 7.76. The number of anilines is 1. The van der Waals surface area contributed by atoms with E-state index in [1.807, 2.05) is 48.5 Å². The number of hydrogen-bond acceptors (Lipinski definition) is 5. The highest BCUT2D eigenvalue weighted by molar-refractivity contribution is 7.19. The molecule has 1 heterocycles. The van der Waals surface area contributed by atoms with E-state index >= 15 is 0 Å². The van der Waals surface area contributed by atoms with Crippen molar-refractivity contribution in [3.63, 3.8) is 0 Å². The summed E-state index contributed by atoms with van der Waals surface area (Å²) in [5, 5.41) is 14.4. The summed E-state index contributed by atoms with van der Waals surface area (Å²) >= 11 is 1.33. The number of nitro benzene ring substituents is 1. The number of benzene rings is 4. The summed E-state index contributed by atoms with van der Waals surface area (Å²) in [5.41, 5.74) is 5.12. The minimum Gasteiger partial charge on any atom is -0.298 e. The number of nitro groups is 1. The van der Waals surface area contributed by atoms with Gasteiger partial charge in [-0.2, -0.15) is 0 Å². The molecule has 0 unspecified atom stereocenters. The molecule has 0 aliphatic rings. The third-order valence-corrected chi connectivity index (χ3v) is 6.51. The molecule has 0 aliphatic heterocycles. The molecule has 1 aromatic heterocycles. The first kappa shape index (κ1) is 22.2. The van der Waals surface area contributed by atoms with Crippen molar-refractivity contribution < 1.29 is 9.72 Å². The molecule has 0 saturated heterocycles. The van der Waals surface area contributed by atoms with Gasteiger partial charge in [0.1, 0.15) is 0 Å². The number of thiazole rings is 1. The lowest BCUT2D eigenvalue weighted by atomic mass is 10.0. The molecule has 5 aromatic rings. The molecule has 170 valence electrons. The van der Waals surface area contributed by atoms with Crippen LogP contribution in [0.3, 0.4) is 0 Å². The standard InChI is InChI=1S/C28H19N3O3S/c32-27(23-9-5-2-6-10-23)30-28-29-25(26(35-28)22-15-17-24(18-16-22)31(33)34)21-13-11-20(12-14-21)19-7-3-1-4-8-19/h1-18H,(H,29,30,32). The van der Waals surface area contributed by atoms with Crippen molar-refractivity contribution >= 4 is 28.1 Å². The lowest BCUT2D eigenvalue weighted by molar-refractivity contribution is -0.384. The molecular formula is C28H19N3O3S. The third kappa shape index (κ3) is 4.85. The lowest BCUT2D eigenvalue weighted by Gasteiger charge is -2.05. The topological polar surface area (TPSA) is 85.1 Å². The van der Waals surface area contributed by atoms with Gasteiger partial charge in [-0.25, -0.2) is 4.98 Å². The van der Waals surface area contributed by atoms with E-state index in [1.54, 1.807) is 36.4 Å². The van der Waals surface area contributed by atoms with E-state index in [9.17, 15) is 14.9 Å². The number of carbonyl (C=O) groups excluding carboxylic acids is 1. The highest BCUT2D eigenvalue weighted by atomic mass is 32.1. The Hall–Kier alpha value is -4.62. The normalized spacial score (nSPS) is 10.6. The van der Waals surface area contributed by atoms with Crippen molar-refractivity contribution in [3.05, 3.63) is 125 Å². The van der Waals surface area contributed by atoms with Crippen LogP contribution in [0.2, 0.25) is 0 Å². The monoisotopic (exact) mass is 477 g/mol. The van der Waals surface area contributed by atoms with Gasteiger partial charge >= 0.3 is 0 Å². The second kappa shape index (κ2) is 9.70. The van der Waals surface area contributed by atoms with Gasteiger partial charge in [-0.3, -0.25) is 20.2 Å². The van der Waals surface area contributed by atoms with Crippen LogP contribution in [-0.4, -0.2) is 15.8 Å². The fourth-order valence-corrected chi connectivity index (χ4v) is 4.70. The van der Waals surface area contributed by atoms with E-state index in [1.165, 1.54) is 23.5 Å². The summed E-state index contributed by atoms with van der Waals surface area (Å²) in [6.07, 6.45) is 0. The van der Waals surface area contributed by atoms with Gasteiger partial charge in [0, 0.05) is 23.3 Å².